The van der Waals surface area contributed by atoms with Crippen LogP contribution >= 0.6 is 0 Å². The molecule has 17 heavy (non-hydrogen) atoms. The summed E-state index contributed by atoms with van der Waals surface area (Å²) in [6.45, 7) is 1.44. The van der Waals surface area contributed by atoms with Gasteiger partial charge in [0.1, 0.15) is 5.69 Å². The van der Waals surface area contributed by atoms with Gasteiger partial charge in [-0.1, -0.05) is 0 Å². The summed E-state index contributed by atoms with van der Waals surface area (Å²) < 4.78 is 0. The van der Waals surface area contributed by atoms with Crippen molar-refractivity contribution in [2.24, 2.45) is 0 Å². The number of nitrogen functional groups attached to an aromatic ring is 1. The quantitative estimate of drug-likeness (QED) is 0.423. The van der Waals surface area contributed by atoms with Crippen molar-refractivity contribution >= 4 is 23.0 Å². The molecule has 0 saturated heterocycles. The largest absolute Gasteiger partial charge is 0.393 e. The first kappa shape index (κ1) is 10.9. The molecule has 1 atom stereocenters. The highest BCUT2D eigenvalue weighted by molar-refractivity contribution is 6.08. The lowest BCUT2D eigenvalue weighted by Crippen LogP contribution is -2.28. The molecule has 3 N–H and O–H groups in total. The van der Waals surface area contributed by atoms with Gasteiger partial charge in [0.25, 0.3) is 5.69 Å². The Balaban J connectivity index is 2.70. The van der Waals surface area contributed by atoms with E-state index in [0.717, 1.165) is 0 Å². The van der Waals surface area contributed by atoms with Crippen LogP contribution in [0.15, 0.2) is 12.1 Å². The highest BCUT2D eigenvalue weighted by atomic mass is 16.6. The molecule has 1 aliphatic heterocycles. The van der Waals surface area contributed by atoms with E-state index >= 15 is 0 Å². The van der Waals surface area contributed by atoms with Crippen molar-refractivity contribution in [1.29, 1.82) is 5.26 Å². The minimum atomic E-state index is -1.35. The Bertz CT molecular complexity index is 590. The minimum absolute atomic E-state index is 0.0632. The molecule has 7 nitrogen and oxygen atoms in total. The van der Waals surface area contributed by atoms with Gasteiger partial charge in [-0.25, -0.2) is 0 Å². The summed E-state index contributed by atoms with van der Waals surface area (Å²) in [5, 5.41) is 22.1. The fourth-order valence-corrected chi connectivity index (χ4v) is 1.76. The molecule has 1 heterocycles. The molecule has 1 aromatic rings. The Morgan fingerprint density at radius 1 is 1.59 bits per heavy atom. The van der Waals surface area contributed by atoms with E-state index in [4.69, 9.17) is 11.0 Å². The number of nitrogens with one attached hydrogen (secondary N) is 1. The van der Waals surface area contributed by atoms with E-state index in [1.807, 2.05) is 6.07 Å². The summed E-state index contributed by atoms with van der Waals surface area (Å²) in [6, 6.07) is 4.36. The van der Waals surface area contributed by atoms with Crippen LogP contribution in [-0.2, 0) is 10.2 Å². The molecule has 0 aliphatic carbocycles. The van der Waals surface area contributed by atoms with Gasteiger partial charge in [-0.2, -0.15) is 5.26 Å². The number of nitro groups is 1. The Labute approximate surface area is 96.0 Å². The van der Waals surface area contributed by atoms with Gasteiger partial charge in [0.2, 0.25) is 5.91 Å². The molecule has 0 fully saturated rings. The SMILES string of the molecule is CC1(C#N)C(=O)Nc2cc([N+](=O)[O-])c(N)cc21. The lowest BCUT2D eigenvalue weighted by atomic mass is 9.85. The number of hydrogen-bond donors (Lipinski definition) is 2. The first-order valence-corrected chi connectivity index (χ1v) is 4.71. The summed E-state index contributed by atoms with van der Waals surface area (Å²) in [5.74, 6) is -0.505. The monoisotopic (exact) mass is 232 g/mol. The van der Waals surface area contributed by atoms with Gasteiger partial charge in [0.05, 0.1) is 16.7 Å². The zero-order valence-electron chi connectivity index (χ0n) is 8.85. The number of carbonyl (C=O) groups excluding carboxylic acids is 1. The maximum absolute atomic E-state index is 11.6. The van der Waals surface area contributed by atoms with Gasteiger partial charge in [0.15, 0.2) is 5.41 Å². The van der Waals surface area contributed by atoms with E-state index in [-0.39, 0.29) is 17.1 Å². The van der Waals surface area contributed by atoms with Crippen molar-refractivity contribution in [3.63, 3.8) is 0 Å². The third kappa shape index (κ3) is 1.31. The summed E-state index contributed by atoms with van der Waals surface area (Å²) in [5.41, 5.74) is 4.46. The number of fused-ring (bicyclic) bond motifs is 1. The van der Waals surface area contributed by atoms with Gasteiger partial charge in [-0.15, -0.1) is 0 Å². The number of rotatable bonds is 1. The number of hydrogen-bond acceptors (Lipinski definition) is 5. The molecular formula is C10H8N4O3. The van der Waals surface area contributed by atoms with E-state index in [2.05, 4.69) is 5.32 Å². The molecule has 1 unspecified atom stereocenters. The van der Waals surface area contributed by atoms with Gasteiger partial charge in [0, 0.05) is 11.6 Å². The maximum atomic E-state index is 11.6. The van der Waals surface area contributed by atoms with Crippen LogP contribution < -0.4 is 11.1 Å². The average Bonchev–Trinajstić information content (AvgIpc) is 2.51. The Hall–Kier alpha value is -2.62. The minimum Gasteiger partial charge on any atom is -0.393 e. The zero-order chi connectivity index (χ0) is 12.8. The van der Waals surface area contributed by atoms with Gasteiger partial charge < -0.3 is 11.1 Å². The van der Waals surface area contributed by atoms with E-state index in [1.54, 1.807) is 0 Å². The van der Waals surface area contributed by atoms with Crippen LogP contribution in [0.2, 0.25) is 0 Å². The smallest absolute Gasteiger partial charge is 0.294 e. The Kier molecular flexibility index (Phi) is 2.04. The normalized spacial score (nSPS) is 21.5. The van der Waals surface area contributed by atoms with Crippen molar-refractivity contribution in [2.45, 2.75) is 12.3 Å². The molecule has 1 aromatic carbocycles. The predicted octanol–water partition coefficient (Wildman–Crippen LogP) is 0.910. The van der Waals surface area contributed by atoms with Crippen LogP contribution in [0.5, 0.6) is 0 Å². The number of nitrogens with two attached hydrogens (primary N) is 1. The predicted molar refractivity (Wildman–Crippen MR) is 59.1 cm³/mol. The van der Waals surface area contributed by atoms with Gasteiger partial charge in [-0.05, 0) is 13.0 Å². The maximum Gasteiger partial charge on any atom is 0.294 e. The van der Waals surface area contributed by atoms with Crippen LogP contribution in [0.1, 0.15) is 12.5 Å². The number of nitrogens with zero attached hydrogens (tertiary/aromatic N) is 2. The average molecular weight is 232 g/mol. The highest BCUT2D eigenvalue weighted by Gasteiger charge is 2.44. The van der Waals surface area contributed by atoms with E-state index in [1.165, 1.54) is 19.1 Å². The summed E-state index contributed by atoms with van der Waals surface area (Å²) >= 11 is 0. The molecule has 1 aliphatic rings. The van der Waals surface area contributed by atoms with Crippen LogP contribution in [0.3, 0.4) is 0 Å². The molecule has 0 radical (unpaired) electrons. The molecule has 86 valence electrons. The number of nitro benzene ring substituents is 1. The first-order valence-electron chi connectivity index (χ1n) is 4.71. The van der Waals surface area contributed by atoms with Crippen molar-refractivity contribution in [3.8, 4) is 6.07 Å². The molecular weight excluding hydrogens is 224 g/mol. The van der Waals surface area contributed by atoms with Crippen molar-refractivity contribution in [2.75, 3.05) is 11.1 Å². The molecule has 0 saturated carbocycles. The standard InChI is InChI=1S/C10H8N4O3/c1-10(4-11)5-2-6(12)8(14(16)17)3-7(5)13-9(10)15/h2-3H,12H2,1H3,(H,13,15). The van der Waals surface area contributed by atoms with Crippen molar-refractivity contribution in [3.05, 3.63) is 27.8 Å². The highest BCUT2D eigenvalue weighted by Crippen LogP contribution is 2.41. The Morgan fingerprint density at radius 3 is 2.76 bits per heavy atom. The van der Waals surface area contributed by atoms with Crippen molar-refractivity contribution in [1.82, 2.24) is 0 Å². The number of benzene rings is 1. The lowest BCUT2D eigenvalue weighted by molar-refractivity contribution is -0.383. The van der Waals surface area contributed by atoms with E-state index < -0.39 is 16.2 Å². The van der Waals surface area contributed by atoms with Crippen LogP contribution in [0.25, 0.3) is 0 Å². The topological polar surface area (TPSA) is 122 Å². The molecule has 1 amide bonds. The first-order chi connectivity index (χ1) is 7.90. The molecule has 0 spiro atoms. The number of amides is 1. The van der Waals surface area contributed by atoms with Crippen LogP contribution in [-0.4, -0.2) is 10.8 Å². The fraction of sp³-hybridized carbons (Fsp3) is 0.200. The number of nitriles is 1. The second-order valence-corrected chi connectivity index (χ2v) is 3.90. The summed E-state index contributed by atoms with van der Waals surface area (Å²) in [7, 11) is 0. The molecule has 7 heteroatoms. The van der Waals surface area contributed by atoms with Crippen molar-refractivity contribution < 1.29 is 9.72 Å². The van der Waals surface area contributed by atoms with E-state index in [9.17, 15) is 14.9 Å². The van der Waals surface area contributed by atoms with Gasteiger partial charge in [-0.3, -0.25) is 14.9 Å². The molecule has 0 aromatic heterocycles. The third-order valence-corrected chi connectivity index (χ3v) is 2.83. The second kappa shape index (κ2) is 3.18. The van der Waals surface area contributed by atoms with E-state index in [0.29, 0.717) is 5.56 Å². The molecule has 0 bridgehead atoms. The Morgan fingerprint density at radius 2 is 2.24 bits per heavy atom. The number of carbonyl (C=O) groups is 1. The second-order valence-electron chi connectivity index (χ2n) is 3.90. The fourth-order valence-electron chi connectivity index (χ4n) is 1.76. The summed E-state index contributed by atoms with van der Waals surface area (Å²) in [6.07, 6.45) is 0. The van der Waals surface area contributed by atoms with Crippen LogP contribution in [0.4, 0.5) is 17.1 Å². The molecule has 2 rings (SSSR count). The number of anilines is 2. The van der Waals surface area contributed by atoms with Gasteiger partial charge >= 0.3 is 0 Å². The lowest BCUT2D eigenvalue weighted by Gasteiger charge is -2.11. The summed E-state index contributed by atoms with van der Waals surface area (Å²) in [4.78, 5) is 21.7. The zero-order valence-corrected chi connectivity index (χ0v) is 8.85. The van der Waals surface area contributed by atoms with Crippen LogP contribution in [0, 0.1) is 21.4 Å². The third-order valence-electron chi connectivity index (χ3n) is 2.83.